The van der Waals surface area contributed by atoms with Crippen LogP contribution in [0.4, 0.5) is 11.5 Å². The molecular weight excluding hydrogens is 608 g/mol. The summed E-state index contributed by atoms with van der Waals surface area (Å²) in [6, 6.07) is 13.2. The van der Waals surface area contributed by atoms with E-state index >= 15 is 0 Å². The summed E-state index contributed by atoms with van der Waals surface area (Å²) in [6.45, 7) is 3.02. The van der Waals surface area contributed by atoms with Crippen LogP contribution in [0, 0.1) is 6.92 Å². The molecule has 1 aliphatic rings. The van der Waals surface area contributed by atoms with Crippen LogP contribution in [0.3, 0.4) is 0 Å². The molecule has 0 aliphatic carbocycles. The Kier molecular flexibility index (Phi) is 8.57. The number of carbonyl (C=O) groups excluding carboxylic acids is 1. The van der Waals surface area contributed by atoms with Gasteiger partial charge in [0.15, 0.2) is 0 Å². The van der Waals surface area contributed by atoms with Crippen molar-refractivity contribution in [3.8, 4) is 28.3 Å². The topological polar surface area (TPSA) is 145 Å². The fourth-order valence-corrected chi connectivity index (χ4v) is 6.08. The zero-order chi connectivity index (χ0) is 32.5. The number of aryl methyl sites for hydroxylation is 1. The highest BCUT2D eigenvalue weighted by Gasteiger charge is 2.21. The molecule has 0 saturated carbocycles. The molecule has 5 aromatic rings. The minimum atomic E-state index is -0.432. The zero-order valence-electron chi connectivity index (χ0n) is 25.8. The second-order valence-electron chi connectivity index (χ2n) is 11.2. The lowest BCUT2D eigenvalue weighted by molar-refractivity contribution is -0.119. The molecule has 1 atom stereocenters. The number of rotatable bonds is 9. The Bertz CT molecular complexity index is 2110. The number of nitrogens with one attached hydrogen (secondary N) is 3. The first-order valence-electron chi connectivity index (χ1n) is 14.8. The van der Waals surface area contributed by atoms with Gasteiger partial charge in [0.2, 0.25) is 11.8 Å². The molecule has 2 aromatic carbocycles. The van der Waals surface area contributed by atoms with Crippen molar-refractivity contribution in [1.82, 2.24) is 34.7 Å². The second kappa shape index (κ2) is 12.7. The van der Waals surface area contributed by atoms with Crippen molar-refractivity contribution >= 4 is 39.9 Å². The van der Waals surface area contributed by atoms with Gasteiger partial charge in [-0.1, -0.05) is 41.9 Å². The van der Waals surface area contributed by atoms with Crippen LogP contribution in [-0.4, -0.2) is 49.7 Å². The molecule has 46 heavy (non-hydrogen) atoms. The summed E-state index contributed by atoms with van der Waals surface area (Å²) in [7, 11) is 4.62. The van der Waals surface area contributed by atoms with Crippen LogP contribution in [0.25, 0.3) is 33.3 Å². The number of amides is 1. The number of nitrogens with zero attached hydrogens (tertiary/aromatic N) is 5. The number of halogens is 1. The lowest BCUT2D eigenvalue weighted by Crippen LogP contribution is -2.37. The molecule has 0 radical (unpaired) electrons. The largest absolute Gasteiger partial charge is 0.480 e. The maximum Gasteiger partial charge on any atom is 0.330 e. The quantitative estimate of drug-likeness (QED) is 0.219. The number of pyridine rings is 1. The van der Waals surface area contributed by atoms with Crippen molar-refractivity contribution in [2.45, 2.75) is 32.4 Å². The zero-order valence-corrected chi connectivity index (χ0v) is 26.6. The van der Waals surface area contributed by atoms with Gasteiger partial charge in [-0.15, -0.1) is 0 Å². The predicted molar refractivity (Wildman–Crippen MR) is 178 cm³/mol. The third kappa shape index (κ3) is 5.72. The van der Waals surface area contributed by atoms with E-state index in [4.69, 9.17) is 21.3 Å². The van der Waals surface area contributed by atoms with Gasteiger partial charge in [0.1, 0.15) is 16.9 Å². The van der Waals surface area contributed by atoms with Gasteiger partial charge in [-0.3, -0.25) is 23.7 Å². The van der Waals surface area contributed by atoms with Gasteiger partial charge >= 0.3 is 5.69 Å². The summed E-state index contributed by atoms with van der Waals surface area (Å²) in [6.07, 6.45) is 4.60. The fourth-order valence-electron chi connectivity index (χ4n) is 5.75. The first kappa shape index (κ1) is 30.9. The number of anilines is 2. The number of ether oxygens (including phenoxy) is 1. The SMILES string of the molecule is COc1nc(-c2cccc(-c3cccc(Nc4nccc5c4c(=O)n(C)c(=O)n5C)c3C)c2Cl)cnc1CNCC1CCC(=O)N1. The molecular formula is C33H33ClN8O4. The molecule has 0 spiro atoms. The van der Waals surface area contributed by atoms with Crippen LogP contribution in [0.1, 0.15) is 24.1 Å². The molecule has 1 unspecified atom stereocenters. The Labute approximate surface area is 269 Å². The number of benzene rings is 2. The molecule has 13 heteroatoms. The van der Waals surface area contributed by atoms with E-state index in [1.807, 2.05) is 43.3 Å². The molecule has 4 heterocycles. The summed E-state index contributed by atoms with van der Waals surface area (Å²) in [5, 5.41) is 10.4. The van der Waals surface area contributed by atoms with Gasteiger partial charge in [-0.05, 0) is 36.6 Å². The minimum Gasteiger partial charge on any atom is -0.480 e. The number of fused-ring (bicyclic) bond motifs is 1. The lowest BCUT2D eigenvalue weighted by atomic mass is 9.96. The number of hydrogen-bond donors (Lipinski definition) is 3. The minimum absolute atomic E-state index is 0.0776. The molecule has 1 fully saturated rings. The first-order valence-corrected chi connectivity index (χ1v) is 15.2. The van der Waals surface area contributed by atoms with Gasteiger partial charge < -0.3 is 20.7 Å². The Balaban J connectivity index is 1.30. The first-order chi connectivity index (χ1) is 22.2. The molecule has 3 aromatic heterocycles. The average molecular weight is 641 g/mol. The third-order valence-electron chi connectivity index (χ3n) is 8.31. The Hall–Kier alpha value is -5.07. The summed E-state index contributed by atoms with van der Waals surface area (Å²) in [5.74, 6) is 0.808. The highest BCUT2D eigenvalue weighted by atomic mass is 35.5. The van der Waals surface area contributed by atoms with Gasteiger partial charge in [0, 0.05) is 62.7 Å². The Morgan fingerprint density at radius 1 is 1.02 bits per heavy atom. The predicted octanol–water partition coefficient (Wildman–Crippen LogP) is 3.84. The molecule has 1 aliphatic heterocycles. The maximum atomic E-state index is 13.1. The van der Waals surface area contributed by atoms with Gasteiger partial charge in [-0.25, -0.2) is 14.8 Å². The Morgan fingerprint density at radius 3 is 2.54 bits per heavy atom. The van der Waals surface area contributed by atoms with Gasteiger partial charge in [0.05, 0.1) is 29.5 Å². The summed E-state index contributed by atoms with van der Waals surface area (Å²) >= 11 is 7.05. The third-order valence-corrected chi connectivity index (χ3v) is 8.71. The second-order valence-corrected chi connectivity index (χ2v) is 11.6. The van der Waals surface area contributed by atoms with Crippen molar-refractivity contribution in [2.24, 2.45) is 14.1 Å². The standard InChI is InChI=1S/C33H33ClN8O4/c1-18-20(7-6-10-23(18)39-30-28-26(13-14-36-30)41(2)33(45)42(3)32(28)44)21-8-5-9-22(29(21)34)24-17-37-25(31(40-24)46-4)16-35-15-19-11-12-27(43)38-19/h5-10,13-14,17,19,35H,11-12,15-16H2,1-4H3,(H,36,39)(H,38,43). The van der Waals surface area contributed by atoms with Crippen molar-refractivity contribution in [3.63, 3.8) is 0 Å². The monoisotopic (exact) mass is 640 g/mol. The molecule has 3 N–H and O–H groups in total. The summed E-state index contributed by atoms with van der Waals surface area (Å²) in [5.41, 5.74) is 4.80. The average Bonchev–Trinajstić information content (AvgIpc) is 3.48. The summed E-state index contributed by atoms with van der Waals surface area (Å²) < 4.78 is 8.07. The number of hydrogen-bond acceptors (Lipinski definition) is 9. The van der Waals surface area contributed by atoms with E-state index in [9.17, 15) is 14.4 Å². The van der Waals surface area contributed by atoms with E-state index in [1.165, 1.54) is 11.6 Å². The number of methoxy groups -OCH3 is 1. The van der Waals surface area contributed by atoms with E-state index < -0.39 is 11.2 Å². The van der Waals surface area contributed by atoms with Crippen LogP contribution in [0.15, 0.2) is 64.4 Å². The Morgan fingerprint density at radius 2 is 1.78 bits per heavy atom. The van der Waals surface area contributed by atoms with Crippen molar-refractivity contribution < 1.29 is 9.53 Å². The van der Waals surface area contributed by atoms with Crippen molar-refractivity contribution in [2.75, 3.05) is 19.0 Å². The summed E-state index contributed by atoms with van der Waals surface area (Å²) in [4.78, 5) is 50.8. The van der Waals surface area contributed by atoms with Crippen molar-refractivity contribution in [1.29, 1.82) is 0 Å². The molecule has 12 nitrogen and oxygen atoms in total. The van der Waals surface area contributed by atoms with Crippen LogP contribution >= 0.6 is 11.6 Å². The highest BCUT2D eigenvalue weighted by Crippen LogP contribution is 2.39. The molecule has 236 valence electrons. The van der Waals surface area contributed by atoms with E-state index in [-0.39, 0.29) is 11.9 Å². The number of carbonyl (C=O) groups is 1. The van der Waals surface area contributed by atoms with E-state index in [0.29, 0.717) is 64.1 Å². The van der Waals surface area contributed by atoms with Crippen LogP contribution in [0.5, 0.6) is 5.88 Å². The molecule has 1 amide bonds. The maximum absolute atomic E-state index is 13.1. The number of aromatic nitrogens is 5. The van der Waals surface area contributed by atoms with Crippen LogP contribution < -0.4 is 31.9 Å². The van der Waals surface area contributed by atoms with E-state index in [2.05, 4.69) is 25.9 Å². The van der Waals surface area contributed by atoms with E-state index in [0.717, 1.165) is 33.4 Å². The van der Waals surface area contributed by atoms with Gasteiger partial charge in [0.25, 0.3) is 5.56 Å². The fraction of sp³-hybridized carbons (Fsp3) is 0.273. The van der Waals surface area contributed by atoms with Crippen molar-refractivity contribution in [3.05, 3.63) is 92.0 Å². The molecule has 1 saturated heterocycles. The molecule has 0 bridgehead atoms. The normalized spacial score (nSPS) is 14.5. The van der Waals surface area contributed by atoms with Crippen LogP contribution in [-0.2, 0) is 25.4 Å². The van der Waals surface area contributed by atoms with Gasteiger partial charge in [-0.2, -0.15) is 0 Å². The van der Waals surface area contributed by atoms with E-state index in [1.54, 1.807) is 32.6 Å². The smallest absolute Gasteiger partial charge is 0.330 e. The van der Waals surface area contributed by atoms with Crippen LogP contribution in [0.2, 0.25) is 5.02 Å². The highest BCUT2D eigenvalue weighted by molar-refractivity contribution is 6.36. The molecule has 6 rings (SSSR count). The lowest BCUT2D eigenvalue weighted by Gasteiger charge is -2.17.